The van der Waals surface area contributed by atoms with Crippen molar-refractivity contribution in [3.63, 3.8) is 0 Å². The molecule has 0 aliphatic carbocycles. The first-order valence-corrected chi connectivity index (χ1v) is 8.68. The van der Waals surface area contributed by atoms with Gasteiger partial charge in [0.25, 0.3) is 0 Å². The van der Waals surface area contributed by atoms with Gasteiger partial charge in [-0.1, -0.05) is 91.0 Å². The molecule has 0 spiro atoms. The van der Waals surface area contributed by atoms with E-state index in [1.807, 2.05) is 73.7 Å². The van der Waals surface area contributed by atoms with E-state index in [0.717, 1.165) is 27.8 Å². The molecule has 0 unspecified atom stereocenters. The van der Waals surface area contributed by atoms with Crippen molar-refractivity contribution in [3.8, 4) is 0 Å². The van der Waals surface area contributed by atoms with Crippen molar-refractivity contribution in [2.45, 2.75) is 12.8 Å². The lowest BCUT2D eigenvalue weighted by Crippen LogP contribution is -2.13. The quantitative estimate of drug-likeness (QED) is 0.441. The molecule has 0 saturated heterocycles. The highest BCUT2D eigenvalue weighted by molar-refractivity contribution is 7.80. The highest BCUT2D eigenvalue weighted by atomic mass is 32.1. The van der Waals surface area contributed by atoms with E-state index in [1.54, 1.807) is 0 Å². The van der Waals surface area contributed by atoms with E-state index in [4.69, 9.17) is 12.2 Å². The number of thiocarbonyl (C=S) groups is 1. The van der Waals surface area contributed by atoms with E-state index < -0.39 is 0 Å². The molecule has 0 aliphatic heterocycles. The number of hydrogen-bond acceptors (Lipinski definition) is 1. The van der Waals surface area contributed by atoms with Crippen LogP contribution in [0.25, 0.3) is 5.57 Å². The zero-order chi connectivity index (χ0) is 17.6. The molecule has 0 atom stereocenters. The molecule has 0 saturated carbocycles. The fraction of sp³-hybridized carbons (Fsp3) is 0.0870. The van der Waals surface area contributed by atoms with Crippen molar-refractivity contribution in [1.29, 1.82) is 0 Å². The number of benzene rings is 3. The maximum Gasteiger partial charge on any atom is 0.185 e. The van der Waals surface area contributed by atoms with Crippen LogP contribution in [-0.2, 0) is 0 Å². The van der Waals surface area contributed by atoms with Crippen LogP contribution in [-0.4, -0.2) is 10.2 Å². The zero-order valence-corrected chi connectivity index (χ0v) is 14.9. The smallest absolute Gasteiger partial charge is 0.185 e. The maximum atomic E-state index is 10.4. The number of allylic oxidation sites excluding steroid dienone is 1. The lowest BCUT2D eigenvalue weighted by atomic mass is 9.81. The predicted molar refractivity (Wildman–Crippen MR) is 109 cm³/mol. The lowest BCUT2D eigenvalue weighted by molar-refractivity contribution is 0.564. The minimum absolute atomic E-state index is 0.0564. The van der Waals surface area contributed by atoms with Gasteiger partial charge in [-0.25, -0.2) is 0 Å². The van der Waals surface area contributed by atoms with Gasteiger partial charge in [0.2, 0.25) is 0 Å². The molecule has 25 heavy (non-hydrogen) atoms. The zero-order valence-electron chi connectivity index (χ0n) is 14.1. The van der Waals surface area contributed by atoms with Crippen LogP contribution in [0.15, 0.2) is 96.6 Å². The van der Waals surface area contributed by atoms with Crippen LogP contribution in [0.4, 0.5) is 0 Å². The third kappa shape index (κ3) is 3.86. The van der Waals surface area contributed by atoms with Gasteiger partial charge in [-0.15, -0.1) is 0 Å². The molecule has 0 bridgehead atoms. The highest BCUT2D eigenvalue weighted by Crippen LogP contribution is 2.36. The van der Waals surface area contributed by atoms with Crippen molar-refractivity contribution in [3.05, 3.63) is 113 Å². The van der Waals surface area contributed by atoms with Gasteiger partial charge in [-0.05, 0) is 41.4 Å². The van der Waals surface area contributed by atoms with Gasteiger partial charge in [0.15, 0.2) is 5.05 Å². The lowest BCUT2D eigenvalue weighted by Gasteiger charge is -2.23. The van der Waals surface area contributed by atoms with E-state index in [0.29, 0.717) is 0 Å². The van der Waals surface area contributed by atoms with Gasteiger partial charge in [0, 0.05) is 11.5 Å². The summed E-state index contributed by atoms with van der Waals surface area (Å²) in [5, 5.41) is 10.4. The standard InChI is InChI=1S/C23H20OS/c1-17(18-11-5-2-6-12-18)21(23(24)25)22(19-13-7-3-8-14-19)20-15-9-4-10-16-20/h2-16,22H,1H3,(H,24,25). The molecule has 2 heteroatoms. The Balaban J connectivity index is 2.24. The molecule has 0 amide bonds. The van der Waals surface area contributed by atoms with Crippen LogP contribution < -0.4 is 0 Å². The van der Waals surface area contributed by atoms with Crippen molar-refractivity contribution in [2.24, 2.45) is 0 Å². The molecule has 3 aromatic rings. The first-order chi connectivity index (χ1) is 12.2. The van der Waals surface area contributed by atoms with Gasteiger partial charge in [0.1, 0.15) is 0 Å². The average molecular weight is 344 g/mol. The Morgan fingerprint density at radius 3 is 1.52 bits per heavy atom. The second-order valence-corrected chi connectivity index (χ2v) is 6.35. The molecule has 0 radical (unpaired) electrons. The summed E-state index contributed by atoms with van der Waals surface area (Å²) in [6.45, 7) is 2.02. The molecule has 0 aliphatic rings. The third-order valence-electron chi connectivity index (χ3n) is 4.40. The van der Waals surface area contributed by atoms with Gasteiger partial charge in [0.05, 0.1) is 0 Å². The summed E-state index contributed by atoms with van der Waals surface area (Å²) in [5.41, 5.74) is 5.04. The van der Waals surface area contributed by atoms with Crippen molar-refractivity contribution in [1.82, 2.24) is 0 Å². The summed E-state index contributed by atoms with van der Waals surface area (Å²) < 4.78 is 0. The second-order valence-electron chi connectivity index (χ2n) is 5.96. The molecular weight excluding hydrogens is 324 g/mol. The Labute approximate surface area is 154 Å². The summed E-state index contributed by atoms with van der Waals surface area (Å²) in [7, 11) is 0. The molecular formula is C23H20OS. The molecule has 124 valence electrons. The molecule has 3 rings (SSSR count). The molecule has 0 aromatic heterocycles. The van der Waals surface area contributed by atoms with Crippen LogP contribution in [0.5, 0.6) is 0 Å². The molecule has 1 nitrogen and oxygen atoms in total. The van der Waals surface area contributed by atoms with Crippen LogP contribution in [0.1, 0.15) is 29.5 Å². The average Bonchev–Trinajstić information content (AvgIpc) is 2.67. The Morgan fingerprint density at radius 1 is 0.720 bits per heavy atom. The Hall–Kier alpha value is -2.71. The van der Waals surface area contributed by atoms with Crippen LogP contribution in [0.3, 0.4) is 0 Å². The molecule has 0 heterocycles. The van der Waals surface area contributed by atoms with Crippen molar-refractivity contribution >= 4 is 22.8 Å². The molecule has 0 fully saturated rings. The monoisotopic (exact) mass is 344 g/mol. The number of aliphatic hydroxyl groups is 1. The van der Waals surface area contributed by atoms with Crippen LogP contribution in [0.2, 0.25) is 0 Å². The first-order valence-electron chi connectivity index (χ1n) is 8.28. The summed E-state index contributed by atoms with van der Waals surface area (Å²) in [5.74, 6) is -0.111. The predicted octanol–water partition coefficient (Wildman–Crippen LogP) is 6.18. The van der Waals surface area contributed by atoms with E-state index in [-0.39, 0.29) is 11.0 Å². The van der Waals surface area contributed by atoms with Crippen molar-refractivity contribution < 1.29 is 5.11 Å². The van der Waals surface area contributed by atoms with Gasteiger partial charge in [-0.3, -0.25) is 0 Å². The van der Waals surface area contributed by atoms with E-state index >= 15 is 0 Å². The normalized spacial score (nSPS) is 11.9. The first kappa shape index (κ1) is 17.1. The third-order valence-corrected chi connectivity index (χ3v) is 4.62. The number of hydrogen-bond donors (Lipinski definition) is 1. The van der Waals surface area contributed by atoms with E-state index in [1.165, 1.54) is 0 Å². The topological polar surface area (TPSA) is 20.2 Å². The Kier molecular flexibility index (Phi) is 5.42. The van der Waals surface area contributed by atoms with Gasteiger partial charge < -0.3 is 5.11 Å². The Morgan fingerprint density at radius 2 is 1.12 bits per heavy atom. The van der Waals surface area contributed by atoms with Crippen LogP contribution >= 0.6 is 12.2 Å². The fourth-order valence-electron chi connectivity index (χ4n) is 3.16. The molecule has 1 N–H and O–H groups in total. The number of aliphatic hydroxyl groups excluding tert-OH is 1. The van der Waals surface area contributed by atoms with Gasteiger partial charge >= 0.3 is 0 Å². The van der Waals surface area contributed by atoms with Gasteiger partial charge in [-0.2, -0.15) is 0 Å². The maximum absolute atomic E-state index is 10.4. The highest BCUT2D eigenvalue weighted by Gasteiger charge is 2.24. The Bertz CT molecular complexity index is 828. The SMILES string of the molecule is CC(=C(C(O)=S)C(c1ccccc1)c1ccccc1)c1ccccc1. The fourth-order valence-corrected chi connectivity index (χ4v) is 3.43. The minimum atomic E-state index is -0.111. The second kappa shape index (κ2) is 7.91. The van der Waals surface area contributed by atoms with Crippen LogP contribution in [0, 0.1) is 0 Å². The number of rotatable bonds is 5. The summed E-state index contributed by atoms with van der Waals surface area (Å²) in [4.78, 5) is 0. The van der Waals surface area contributed by atoms with Crippen molar-refractivity contribution in [2.75, 3.05) is 0 Å². The summed E-state index contributed by atoms with van der Waals surface area (Å²) in [6, 6.07) is 30.4. The van der Waals surface area contributed by atoms with E-state index in [2.05, 4.69) is 24.3 Å². The molecule has 3 aromatic carbocycles. The summed E-state index contributed by atoms with van der Waals surface area (Å²) in [6.07, 6.45) is 0. The largest absolute Gasteiger partial charge is 0.499 e. The summed E-state index contributed by atoms with van der Waals surface area (Å²) >= 11 is 5.27. The van der Waals surface area contributed by atoms with E-state index in [9.17, 15) is 5.11 Å². The minimum Gasteiger partial charge on any atom is -0.499 e.